The number of rotatable bonds is 5. The number of esters is 1. The van der Waals surface area contributed by atoms with Gasteiger partial charge in [0.1, 0.15) is 6.61 Å². The summed E-state index contributed by atoms with van der Waals surface area (Å²) in [4.78, 5) is 12.5. The summed E-state index contributed by atoms with van der Waals surface area (Å²) in [6.45, 7) is 1.14. The monoisotopic (exact) mass is 407 g/mol. The first-order valence-corrected chi connectivity index (χ1v) is 10.8. The number of sulfonamides is 1. The molecule has 0 unspecified atom stereocenters. The zero-order valence-electron chi connectivity index (χ0n) is 14.9. The van der Waals surface area contributed by atoms with Crippen LogP contribution >= 0.6 is 11.6 Å². The minimum absolute atomic E-state index is 0.0963. The van der Waals surface area contributed by atoms with Gasteiger partial charge in [-0.05, 0) is 48.7 Å². The van der Waals surface area contributed by atoms with Crippen LogP contribution in [0.5, 0.6) is 0 Å². The van der Waals surface area contributed by atoms with E-state index in [2.05, 4.69) is 0 Å². The Morgan fingerprint density at radius 3 is 2.33 bits per heavy atom. The van der Waals surface area contributed by atoms with Gasteiger partial charge in [0.2, 0.25) is 10.0 Å². The van der Waals surface area contributed by atoms with Crippen LogP contribution in [0.1, 0.15) is 41.6 Å². The topological polar surface area (TPSA) is 63.7 Å². The van der Waals surface area contributed by atoms with Gasteiger partial charge in [-0.15, -0.1) is 0 Å². The molecular formula is C20H22ClNO4S. The first-order valence-electron chi connectivity index (χ1n) is 8.98. The minimum atomic E-state index is -3.60. The van der Waals surface area contributed by atoms with Crippen molar-refractivity contribution in [1.29, 1.82) is 0 Å². The summed E-state index contributed by atoms with van der Waals surface area (Å²) in [6, 6.07) is 13.0. The molecule has 0 saturated carbocycles. The average molecular weight is 408 g/mol. The largest absolute Gasteiger partial charge is 0.457 e. The van der Waals surface area contributed by atoms with Crippen molar-refractivity contribution in [3.8, 4) is 0 Å². The zero-order valence-corrected chi connectivity index (χ0v) is 16.5. The Kier molecular flexibility index (Phi) is 6.52. The Bertz CT molecular complexity index is 888. The van der Waals surface area contributed by atoms with Crippen molar-refractivity contribution >= 4 is 27.6 Å². The third-order valence-electron chi connectivity index (χ3n) is 4.56. The van der Waals surface area contributed by atoms with Crippen LogP contribution in [0.2, 0.25) is 5.02 Å². The first-order chi connectivity index (χ1) is 13.0. The second-order valence-corrected chi connectivity index (χ2v) is 8.92. The number of carbonyl (C=O) groups is 1. The molecule has 27 heavy (non-hydrogen) atoms. The van der Waals surface area contributed by atoms with Gasteiger partial charge in [-0.1, -0.05) is 42.6 Å². The molecule has 3 rings (SSSR count). The third kappa shape index (κ3) is 5.09. The summed E-state index contributed by atoms with van der Waals surface area (Å²) in [5, 5.41) is 0.608. The maximum Gasteiger partial charge on any atom is 0.338 e. The molecule has 1 aliphatic heterocycles. The van der Waals surface area contributed by atoms with Gasteiger partial charge < -0.3 is 4.74 Å². The van der Waals surface area contributed by atoms with Crippen LogP contribution in [-0.2, 0) is 21.4 Å². The lowest BCUT2D eigenvalue weighted by molar-refractivity contribution is 0.0472. The maximum absolute atomic E-state index is 12.9. The zero-order chi connectivity index (χ0) is 19.3. The highest BCUT2D eigenvalue weighted by molar-refractivity contribution is 7.89. The predicted molar refractivity (Wildman–Crippen MR) is 104 cm³/mol. The number of halogens is 1. The van der Waals surface area contributed by atoms with E-state index in [1.165, 1.54) is 16.4 Å². The van der Waals surface area contributed by atoms with Gasteiger partial charge in [-0.2, -0.15) is 4.31 Å². The SMILES string of the molecule is O=C(OCc1ccc(Cl)cc1)c1cccc(S(=O)(=O)N2CCCCCC2)c1. The highest BCUT2D eigenvalue weighted by Gasteiger charge is 2.26. The van der Waals surface area contributed by atoms with E-state index in [9.17, 15) is 13.2 Å². The van der Waals surface area contributed by atoms with Crippen molar-refractivity contribution in [2.75, 3.05) is 13.1 Å². The summed E-state index contributed by atoms with van der Waals surface area (Å²) in [5.74, 6) is -0.558. The second kappa shape index (κ2) is 8.87. The molecule has 5 nitrogen and oxygen atoms in total. The lowest BCUT2D eigenvalue weighted by Crippen LogP contribution is -2.32. The molecular weight excluding hydrogens is 386 g/mol. The van der Waals surface area contributed by atoms with E-state index in [0.717, 1.165) is 31.2 Å². The highest BCUT2D eigenvalue weighted by atomic mass is 35.5. The van der Waals surface area contributed by atoms with E-state index in [1.807, 2.05) is 0 Å². The van der Waals surface area contributed by atoms with Gasteiger partial charge in [0.25, 0.3) is 0 Å². The molecule has 1 aliphatic rings. The molecule has 2 aromatic rings. The van der Waals surface area contributed by atoms with Gasteiger partial charge in [0.15, 0.2) is 0 Å². The Morgan fingerprint density at radius 1 is 1.00 bits per heavy atom. The Morgan fingerprint density at radius 2 is 1.67 bits per heavy atom. The molecule has 0 N–H and O–H groups in total. The lowest BCUT2D eigenvalue weighted by Gasteiger charge is -2.20. The van der Waals surface area contributed by atoms with E-state index in [4.69, 9.17) is 16.3 Å². The van der Waals surface area contributed by atoms with Crippen LogP contribution in [0.3, 0.4) is 0 Å². The molecule has 0 aliphatic carbocycles. The Hall–Kier alpha value is -1.89. The highest BCUT2D eigenvalue weighted by Crippen LogP contribution is 2.21. The molecule has 7 heteroatoms. The summed E-state index contributed by atoms with van der Waals surface area (Å²) in [5.41, 5.74) is 1.03. The molecule has 1 saturated heterocycles. The number of nitrogens with zero attached hydrogens (tertiary/aromatic N) is 1. The predicted octanol–water partition coefficient (Wildman–Crippen LogP) is 4.26. The van der Waals surface area contributed by atoms with Gasteiger partial charge in [0, 0.05) is 18.1 Å². The molecule has 0 atom stereocenters. The van der Waals surface area contributed by atoms with Crippen LogP contribution in [0.4, 0.5) is 0 Å². The minimum Gasteiger partial charge on any atom is -0.457 e. The molecule has 0 aromatic heterocycles. The smallest absolute Gasteiger partial charge is 0.338 e. The van der Waals surface area contributed by atoms with Gasteiger partial charge >= 0.3 is 5.97 Å². The van der Waals surface area contributed by atoms with Crippen LogP contribution in [0, 0.1) is 0 Å². The van der Waals surface area contributed by atoms with Gasteiger partial charge in [-0.25, -0.2) is 13.2 Å². The fourth-order valence-electron chi connectivity index (χ4n) is 3.03. The van der Waals surface area contributed by atoms with Crippen molar-refractivity contribution in [1.82, 2.24) is 4.31 Å². The quantitative estimate of drug-likeness (QED) is 0.694. The normalized spacial score (nSPS) is 15.9. The van der Waals surface area contributed by atoms with E-state index in [1.54, 1.807) is 36.4 Å². The molecule has 0 bridgehead atoms. The number of carbonyl (C=O) groups excluding carboxylic acids is 1. The van der Waals surface area contributed by atoms with E-state index < -0.39 is 16.0 Å². The molecule has 2 aromatic carbocycles. The summed E-state index contributed by atoms with van der Waals surface area (Å²) in [7, 11) is -3.60. The fourth-order valence-corrected chi connectivity index (χ4v) is 4.72. The van der Waals surface area contributed by atoms with E-state index in [-0.39, 0.29) is 17.1 Å². The van der Waals surface area contributed by atoms with Crippen molar-refractivity contribution < 1.29 is 17.9 Å². The van der Waals surface area contributed by atoms with Crippen molar-refractivity contribution in [2.24, 2.45) is 0 Å². The summed E-state index contributed by atoms with van der Waals surface area (Å²) in [6.07, 6.45) is 3.82. The average Bonchev–Trinajstić information content (AvgIpc) is 2.97. The maximum atomic E-state index is 12.9. The Labute approximate surface area is 165 Å². The van der Waals surface area contributed by atoms with Crippen LogP contribution in [0.15, 0.2) is 53.4 Å². The van der Waals surface area contributed by atoms with Gasteiger partial charge in [0.05, 0.1) is 10.5 Å². The number of hydrogen-bond acceptors (Lipinski definition) is 4. The molecule has 0 spiro atoms. The Balaban J connectivity index is 1.72. The number of benzene rings is 2. The van der Waals surface area contributed by atoms with Crippen molar-refractivity contribution in [3.63, 3.8) is 0 Å². The standard InChI is InChI=1S/C20H22ClNO4S/c21-18-10-8-16(9-11-18)15-26-20(23)17-6-5-7-19(14-17)27(24,25)22-12-3-1-2-4-13-22/h5-11,14H,1-4,12-13,15H2. The molecule has 0 amide bonds. The van der Waals surface area contributed by atoms with E-state index >= 15 is 0 Å². The van der Waals surface area contributed by atoms with Crippen LogP contribution in [0.25, 0.3) is 0 Å². The summed E-state index contributed by atoms with van der Waals surface area (Å²) >= 11 is 5.84. The molecule has 1 heterocycles. The molecule has 1 fully saturated rings. The number of ether oxygens (including phenoxy) is 1. The second-order valence-electron chi connectivity index (χ2n) is 6.55. The van der Waals surface area contributed by atoms with Gasteiger partial charge in [-0.3, -0.25) is 0 Å². The first kappa shape index (κ1) is 19.9. The third-order valence-corrected chi connectivity index (χ3v) is 6.70. The molecule has 0 radical (unpaired) electrons. The van der Waals surface area contributed by atoms with Crippen molar-refractivity contribution in [2.45, 2.75) is 37.2 Å². The lowest BCUT2D eigenvalue weighted by atomic mass is 10.2. The van der Waals surface area contributed by atoms with Crippen LogP contribution in [-0.4, -0.2) is 31.8 Å². The molecule has 144 valence electrons. The fraction of sp³-hybridized carbons (Fsp3) is 0.350. The van der Waals surface area contributed by atoms with Crippen molar-refractivity contribution in [3.05, 3.63) is 64.7 Å². The van der Waals surface area contributed by atoms with E-state index in [0.29, 0.717) is 18.1 Å². The summed E-state index contributed by atoms with van der Waals surface area (Å²) < 4.78 is 32.6. The number of hydrogen-bond donors (Lipinski definition) is 0. The van der Waals surface area contributed by atoms with Crippen LogP contribution < -0.4 is 0 Å².